The third-order valence-electron chi connectivity index (χ3n) is 3.37. The van der Waals surface area contributed by atoms with Crippen LogP contribution in [0.25, 0.3) is 0 Å². The van der Waals surface area contributed by atoms with Crippen LogP contribution in [0.4, 0.5) is 8.78 Å². The van der Waals surface area contributed by atoms with E-state index in [9.17, 15) is 18.4 Å². The summed E-state index contributed by atoms with van der Waals surface area (Å²) >= 11 is 5.70. The van der Waals surface area contributed by atoms with Gasteiger partial charge in [0.1, 0.15) is 0 Å². The molecule has 0 spiro atoms. The largest absolute Gasteiger partial charge is 0.481 e. The fraction of sp³-hybridized carbons (Fsp3) is 0.385. The van der Waals surface area contributed by atoms with Gasteiger partial charge in [0.05, 0.1) is 16.5 Å². The van der Waals surface area contributed by atoms with Gasteiger partial charge in [-0.1, -0.05) is 11.6 Å². The first-order chi connectivity index (χ1) is 9.38. The van der Waals surface area contributed by atoms with Gasteiger partial charge in [0.15, 0.2) is 11.6 Å². The van der Waals surface area contributed by atoms with Gasteiger partial charge in [-0.15, -0.1) is 0 Å². The molecule has 1 aromatic rings. The molecule has 1 aromatic carbocycles. The lowest BCUT2D eigenvalue weighted by Gasteiger charge is -2.13. The Hall–Kier alpha value is -1.69. The highest BCUT2D eigenvalue weighted by molar-refractivity contribution is 6.33. The first-order valence-corrected chi connectivity index (χ1v) is 6.44. The predicted molar refractivity (Wildman–Crippen MR) is 67.6 cm³/mol. The molecule has 0 bridgehead atoms. The summed E-state index contributed by atoms with van der Waals surface area (Å²) in [5.74, 6) is -4.30. The van der Waals surface area contributed by atoms with Gasteiger partial charge in [-0.2, -0.15) is 0 Å². The van der Waals surface area contributed by atoms with Crippen LogP contribution in [-0.4, -0.2) is 23.0 Å². The molecule has 7 heteroatoms. The zero-order valence-corrected chi connectivity index (χ0v) is 11.1. The van der Waals surface area contributed by atoms with E-state index in [0.717, 1.165) is 12.1 Å². The highest BCUT2D eigenvalue weighted by Gasteiger charge is 2.31. The van der Waals surface area contributed by atoms with Crippen LogP contribution in [0.3, 0.4) is 0 Å². The van der Waals surface area contributed by atoms with Crippen molar-refractivity contribution in [3.63, 3.8) is 0 Å². The number of carboxylic acid groups (broad SMARTS) is 1. The fourth-order valence-electron chi connectivity index (χ4n) is 2.30. The Morgan fingerprint density at radius 1 is 1.25 bits per heavy atom. The highest BCUT2D eigenvalue weighted by Crippen LogP contribution is 2.27. The predicted octanol–water partition coefficient (Wildman–Crippen LogP) is 2.60. The molecule has 4 nitrogen and oxygen atoms in total. The number of carbonyl (C=O) groups is 2. The van der Waals surface area contributed by atoms with E-state index in [0.29, 0.717) is 19.3 Å². The number of rotatable bonds is 3. The molecule has 1 amide bonds. The molecule has 1 aliphatic rings. The molecule has 0 unspecified atom stereocenters. The zero-order valence-electron chi connectivity index (χ0n) is 10.3. The first-order valence-electron chi connectivity index (χ1n) is 6.06. The molecule has 108 valence electrons. The van der Waals surface area contributed by atoms with Crippen LogP contribution >= 0.6 is 11.6 Å². The number of amides is 1. The maximum absolute atomic E-state index is 13.1. The van der Waals surface area contributed by atoms with Crippen LogP contribution in [0, 0.1) is 17.6 Å². The van der Waals surface area contributed by atoms with Gasteiger partial charge in [0.25, 0.3) is 5.91 Å². The van der Waals surface area contributed by atoms with Crippen molar-refractivity contribution in [2.75, 3.05) is 0 Å². The van der Waals surface area contributed by atoms with E-state index in [1.807, 2.05) is 0 Å². The zero-order chi connectivity index (χ0) is 14.9. The minimum absolute atomic E-state index is 0.163. The molecule has 0 radical (unpaired) electrons. The Morgan fingerprint density at radius 3 is 2.50 bits per heavy atom. The quantitative estimate of drug-likeness (QED) is 0.844. The summed E-state index contributed by atoms with van der Waals surface area (Å²) in [6, 6.07) is 1.17. The van der Waals surface area contributed by atoms with Crippen LogP contribution in [0.5, 0.6) is 0 Å². The van der Waals surface area contributed by atoms with E-state index in [-0.39, 0.29) is 16.6 Å². The highest BCUT2D eigenvalue weighted by atomic mass is 35.5. The summed E-state index contributed by atoms with van der Waals surface area (Å²) in [4.78, 5) is 22.7. The van der Waals surface area contributed by atoms with E-state index < -0.39 is 29.4 Å². The second-order valence-electron chi connectivity index (χ2n) is 4.76. The van der Waals surface area contributed by atoms with Crippen molar-refractivity contribution in [3.05, 3.63) is 34.4 Å². The van der Waals surface area contributed by atoms with E-state index in [4.69, 9.17) is 16.7 Å². The SMILES string of the molecule is O=C(N[C@H]1CC[C@@H](C(=O)O)C1)c1cc(F)c(F)cc1Cl. The van der Waals surface area contributed by atoms with Crippen LogP contribution < -0.4 is 5.32 Å². The Balaban J connectivity index is 2.06. The lowest BCUT2D eigenvalue weighted by atomic mass is 10.1. The number of carbonyl (C=O) groups excluding carboxylic acids is 1. The standard InChI is InChI=1S/C13H12ClF2NO3/c14-9-5-11(16)10(15)4-8(9)12(18)17-7-2-1-6(3-7)13(19)20/h4-7H,1-3H2,(H,17,18)(H,19,20)/t6-,7+/m1/s1. The lowest BCUT2D eigenvalue weighted by Crippen LogP contribution is -2.33. The summed E-state index contributed by atoms with van der Waals surface area (Å²) < 4.78 is 26.0. The summed E-state index contributed by atoms with van der Waals surface area (Å²) in [5.41, 5.74) is -0.163. The van der Waals surface area contributed by atoms with Gasteiger partial charge in [0, 0.05) is 6.04 Å². The molecule has 1 saturated carbocycles. The van der Waals surface area contributed by atoms with E-state index in [1.165, 1.54) is 0 Å². The van der Waals surface area contributed by atoms with Gasteiger partial charge in [-0.3, -0.25) is 9.59 Å². The summed E-state index contributed by atoms with van der Waals surface area (Å²) in [6.07, 6.45) is 1.33. The molecule has 2 rings (SSSR count). The van der Waals surface area contributed by atoms with E-state index in [1.54, 1.807) is 0 Å². The van der Waals surface area contributed by atoms with Crippen LogP contribution in [-0.2, 0) is 4.79 Å². The number of aliphatic carboxylic acids is 1. The molecule has 2 N–H and O–H groups in total. The maximum atomic E-state index is 13.1. The Morgan fingerprint density at radius 2 is 1.90 bits per heavy atom. The van der Waals surface area contributed by atoms with E-state index >= 15 is 0 Å². The van der Waals surface area contributed by atoms with Crippen molar-refractivity contribution in [2.24, 2.45) is 5.92 Å². The molecule has 1 fully saturated rings. The van der Waals surface area contributed by atoms with Crippen LogP contribution in [0.1, 0.15) is 29.6 Å². The lowest BCUT2D eigenvalue weighted by molar-refractivity contribution is -0.141. The normalized spacial score (nSPS) is 21.8. The number of hydrogen-bond donors (Lipinski definition) is 2. The summed E-state index contributed by atoms with van der Waals surface area (Å²) in [6.45, 7) is 0. The third-order valence-corrected chi connectivity index (χ3v) is 3.68. The third kappa shape index (κ3) is 3.07. The van der Waals surface area contributed by atoms with Gasteiger partial charge in [-0.25, -0.2) is 8.78 Å². The maximum Gasteiger partial charge on any atom is 0.306 e. The molecule has 2 atom stereocenters. The van der Waals surface area contributed by atoms with Crippen molar-refractivity contribution in [1.82, 2.24) is 5.32 Å². The second-order valence-corrected chi connectivity index (χ2v) is 5.17. The van der Waals surface area contributed by atoms with Gasteiger partial charge < -0.3 is 10.4 Å². The van der Waals surface area contributed by atoms with Crippen molar-refractivity contribution in [1.29, 1.82) is 0 Å². The Kier molecular flexibility index (Phi) is 4.23. The number of hydrogen-bond acceptors (Lipinski definition) is 2. The number of carboxylic acids is 1. The van der Waals surface area contributed by atoms with E-state index in [2.05, 4.69) is 5.32 Å². The monoisotopic (exact) mass is 303 g/mol. The number of nitrogens with one attached hydrogen (secondary N) is 1. The van der Waals surface area contributed by atoms with Crippen molar-refractivity contribution >= 4 is 23.5 Å². The molecule has 0 aromatic heterocycles. The number of halogens is 3. The molecule has 0 heterocycles. The molecule has 1 aliphatic carbocycles. The second kappa shape index (κ2) is 5.75. The fourth-order valence-corrected chi connectivity index (χ4v) is 2.53. The number of benzene rings is 1. The first kappa shape index (κ1) is 14.7. The average Bonchev–Trinajstić information content (AvgIpc) is 2.82. The minimum atomic E-state index is -1.16. The average molecular weight is 304 g/mol. The Bertz CT molecular complexity index is 565. The van der Waals surface area contributed by atoms with Crippen molar-refractivity contribution < 1.29 is 23.5 Å². The van der Waals surface area contributed by atoms with Gasteiger partial charge in [0.2, 0.25) is 0 Å². The molecular formula is C13H12ClF2NO3. The molecule has 20 heavy (non-hydrogen) atoms. The van der Waals surface area contributed by atoms with Crippen molar-refractivity contribution in [2.45, 2.75) is 25.3 Å². The van der Waals surface area contributed by atoms with Crippen LogP contribution in [0.15, 0.2) is 12.1 Å². The minimum Gasteiger partial charge on any atom is -0.481 e. The molecular weight excluding hydrogens is 292 g/mol. The van der Waals surface area contributed by atoms with Gasteiger partial charge >= 0.3 is 5.97 Å². The smallest absolute Gasteiger partial charge is 0.306 e. The Labute approximate surface area is 118 Å². The summed E-state index contributed by atoms with van der Waals surface area (Å²) in [7, 11) is 0. The van der Waals surface area contributed by atoms with Crippen LogP contribution in [0.2, 0.25) is 5.02 Å². The van der Waals surface area contributed by atoms with Gasteiger partial charge in [-0.05, 0) is 31.4 Å². The summed E-state index contributed by atoms with van der Waals surface area (Å²) in [5, 5.41) is 11.3. The van der Waals surface area contributed by atoms with Crippen molar-refractivity contribution in [3.8, 4) is 0 Å². The molecule has 0 saturated heterocycles. The molecule has 0 aliphatic heterocycles. The topological polar surface area (TPSA) is 66.4 Å².